The first-order valence-corrected chi connectivity index (χ1v) is 6.39. The standard InChI is InChI=1S/C16H19NO3/c1-18-13-6-8-14(9-7-13)20-11-16(17)12-4-3-5-15(10-12)19-2/h3-10,16H,11,17H2,1-2H3. The lowest BCUT2D eigenvalue weighted by molar-refractivity contribution is 0.290. The molecule has 0 spiro atoms. The van der Waals surface area contributed by atoms with E-state index in [1.165, 1.54) is 0 Å². The lowest BCUT2D eigenvalue weighted by Gasteiger charge is -2.14. The average molecular weight is 273 g/mol. The van der Waals surface area contributed by atoms with Gasteiger partial charge >= 0.3 is 0 Å². The number of hydrogen-bond donors (Lipinski definition) is 1. The molecule has 0 fully saturated rings. The fraction of sp³-hybridized carbons (Fsp3) is 0.250. The highest BCUT2D eigenvalue weighted by molar-refractivity contribution is 5.32. The van der Waals surface area contributed by atoms with Crippen LogP contribution in [0.3, 0.4) is 0 Å². The first kappa shape index (κ1) is 14.2. The molecular weight excluding hydrogens is 254 g/mol. The van der Waals surface area contributed by atoms with Crippen molar-refractivity contribution in [3.63, 3.8) is 0 Å². The molecule has 0 heterocycles. The maximum atomic E-state index is 6.12. The molecule has 0 radical (unpaired) electrons. The van der Waals surface area contributed by atoms with E-state index in [4.69, 9.17) is 19.9 Å². The zero-order valence-electron chi connectivity index (χ0n) is 11.7. The summed E-state index contributed by atoms with van der Waals surface area (Å²) in [5.41, 5.74) is 7.10. The SMILES string of the molecule is COc1ccc(OCC(N)c2cccc(OC)c2)cc1. The van der Waals surface area contributed by atoms with Gasteiger partial charge in [-0.3, -0.25) is 0 Å². The Hall–Kier alpha value is -2.20. The second-order valence-corrected chi connectivity index (χ2v) is 4.37. The molecule has 0 aliphatic carbocycles. The third-order valence-electron chi connectivity index (χ3n) is 3.01. The smallest absolute Gasteiger partial charge is 0.119 e. The van der Waals surface area contributed by atoms with E-state index in [1.807, 2.05) is 48.5 Å². The van der Waals surface area contributed by atoms with Crippen LogP contribution in [0.1, 0.15) is 11.6 Å². The molecule has 2 rings (SSSR count). The van der Waals surface area contributed by atoms with E-state index in [1.54, 1.807) is 14.2 Å². The van der Waals surface area contributed by atoms with Crippen LogP contribution in [0.2, 0.25) is 0 Å². The first-order chi connectivity index (χ1) is 9.72. The minimum Gasteiger partial charge on any atom is -0.497 e. The Morgan fingerprint density at radius 3 is 2.20 bits per heavy atom. The molecule has 2 aromatic rings. The lowest BCUT2D eigenvalue weighted by Crippen LogP contribution is -2.19. The zero-order valence-corrected chi connectivity index (χ0v) is 11.7. The summed E-state index contributed by atoms with van der Waals surface area (Å²) in [6, 6.07) is 14.9. The molecule has 0 aromatic heterocycles. The predicted molar refractivity (Wildman–Crippen MR) is 78.4 cm³/mol. The van der Waals surface area contributed by atoms with E-state index in [0.717, 1.165) is 22.8 Å². The van der Waals surface area contributed by atoms with E-state index in [0.29, 0.717) is 6.61 Å². The Balaban J connectivity index is 1.95. The third kappa shape index (κ3) is 3.65. The Morgan fingerprint density at radius 2 is 1.55 bits per heavy atom. The highest BCUT2D eigenvalue weighted by Gasteiger charge is 2.08. The largest absolute Gasteiger partial charge is 0.497 e. The first-order valence-electron chi connectivity index (χ1n) is 6.39. The molecule has 1 unspecified atom stereocenters. The minimum absolute atomic E-state index is 0.202. The molecule has 4 nitrogen and oxygen atoms in total. The van der Waals surface area contributed by atoms with Crippen LogP contribution >= 0.6 is 0 Å². The number of rotatable bonds is 6. The van der Waals surface area contributed by atoms with E-state index in [9.17, 15) is 0 Å². The zero-order chi connectivity index (χ0) is 14.4. The van der Waals surface area contributed by atoms with Gasteiger partial charge in [-0.2, -0.15) is 0 Å². The predicted octanol–water partition coefficient (Wildman–Crippen LogP) is 2.78. The summed E-state index contributed by atoms with van der Waals surface area (Å²) >= 11 is 0. The second kappa shape index (κ2) is 6.82. The van der Waals surface area contributed by atoms with E-state index >= 15 is 0 Å². The molecule has 2 aromatic carbocycles. The number of hydrogen-bond acceptors (Lipinski definition) is 4. The van der Waals surface area contributed by atoms with Gasteiger partial charge in [-0.25, -0.2) is 0 Å². The van der Waals surface area contributed by atoms with Crippen LogP contribution in [0.5, 0.6) is 17.2 Å². The number of methoxy groups -OCH3 is 2. The van der Waals surface area contributed by atoms with Crippen molar-refractivity contribution < 1.29 is 14.2 Å². The average Bonchev–Trinajstić information content (AvgIpc) is 2.53. The summed E-state index contributed by atoms with van der Waals surface area (Å²) in [7, 11) is 3.27. The maximum absolute atomic E-state index is 6.12. The van der Waals surface area contributed by atoms with Crippen LogP contribution in [-0.2, 0) is 0 Å². The molecule has 106 valence electrons. The Morgan fingerprint density at radius 1 is 0.900 bits per heavy atom. The highest BCUT2D eigenvalue weighted by atomic mass is 16.5. The van der Waals surface area contributed by atoms with Gasteiger partial charge in [-0.05, 0) is 42.0 Å². The molecule has 20 heavy (non-hydrogen) atoms. The van der Waals surface area contributed by atoms with Crippen molar-refractivity contribution in [2.45, 2.75) is 6.04 Å². The van der Waals surface area contributed by atoms with Gasteiger partial charge < -0.3 is 19.9 Å². The van der Waals surface area contributed by atoms with Crippen LogP contribution < -0.4 is 19.9 Å². The van der Waals surface area contributed by atoms with Crippen LogP contribution in [0.15, 0.2) is 48.5 Å². The van der Waals surface area contributed by atoms with Gasteiger partial charge in [-0.1, -0.05) is 12.1 Å². The van der Waals surface area contributed by atoms with Crippen molar-refractivity contribution in [2.75, 3.05) is 20.8 Å². The lowest BCUT2D eigenvalue weighted by atomic mass is 10.1. The number of nitrogens with two attached hydrogens (primary N) is 1. The molecule has 0 saturated heterocycles. The van der Waals surface area contributed by atoms with Crippen molar-refractivity contribution in [1.29, 1.82) is 0 Å². The Labute approximate surface area is 119 Å². The normalized spacial score (nSPS) is 11.8. The molecule has 2 N–H and O–H groups in total. The molecule has 4 heteroatoms. The van der Waals surface area contributed by atoms with Crippen molar-refractivity contribution in [3.8, 4) is 17.2 Å². The van der Waals surface area contributed by atoms with E-state index in [-0.39, 0.29) is 6.04 Å². The molecule has 0 aliphatic heterocycles. The van der Waals surface area contributed by atoms with Gasteiger partial charge in [0.1, 0.15) is 23.9 Å². The molecule has 1 atom stereocenters. The van der Waals surface area contributed by atoms with Crippen LogP contribution in [-0.4, -0.2) is 20.8 Å². The van der Waals surface area contributed by atoms with Gasteiger partial charge in [0.05, 0.1) is 20.3 Å². The van der Waals surface area contributed by atoms with Gasteiger partial charge in [0.15, 0.2) is 0 Å². The number of benzene rings is 2. The van der Waals surface area contributed by atoms with E-state index < -0.39 is 0 Å². The monoisotopic (exact) mass is 273 g/mol. The summed E-state index contributed by atoms with van der Waals surface area (Å²) < 4.78 is 16.0. The Kier molecular flexibility index (Phi) is 4.85. The van der Waals surface area contributed by atoms with Crippen LogP contribution in [0.4, 0.5) is 0 Å². The van der Waals surface area contributed by atoms with Crippen molar-refractivity contribution >= 4 is 0 Å². The topological polar surface area (TPSA) is 53.7 Å². The Bertz CT molecular complexity index is 540. The molecular formula is C16H19NO3. The van der Waals surface area contributed by atoms with Crippen LogP contribution in [0, 0.1) is 0 Å². The fourth-order valence-corrected chi connectivity index (χ4v) is 1.83. The van der Waals surface area contributed by atoms with Gasteiger partial charge in [0, 0.05) is 0 Å². The maximum Gasteiger partial charge on any atom is 0.119 e. The summed E-state index contributed by atoms with van der Waals surface area (Å²) in [5, 5.41) is 0. The second-order valence-electron chi connectivity index (χ2n) is 4.37. The summed E-state index contributed by atoms with van der Waals surface area (Å²) in [5.74, 6) is 2.36. The number of ether oxygens (including phenoxy) is 3. The van der Waals surface area contributed by atoms with Crippen molar-refractivity contribution in [1.82, 2.24) is 0 Å². The van der Waals surface area contributed by atoms with E-state index in [2.05, 4.69) is 0 Å². The molecule has 0 saturated carbocycles. The fourth-order valence-electron chi connectivity index (χ4n) is 1.83. The summed E-state index contributed by atoms with van der Waals surface area (Å²) in [6.07, 6.45) is 0. The quantitative estimate of drug-likeness (QED) is 0.879. The van der Waals surface area contributed by atoms with Gasteiger partial charge in [-0.15, -0.1) is 0 Å². The van der Waals surface area contributed by atoms with Gasteiger partial charge in [0.25, 0.3) is 0 Å². The van der Waals surface area contributed by atoms with Gasteiger partial charge in [0.2, 0.25) is 0 Å². The summed E-state index contributed by atoms with van der Waals surface area (Å²) in [6.45, 7) is 0.402. The molecule has 0 bridgehead atoms. The van der Waals surface area contributed by atoms with Crippen molar-refractivity contribution in [3.05, 3.63) is 54.1 Å². The van der Waals surface area contributed by atoms with Crippen molar-refractivity contribution in [2.24, 2.45) is 5.73 Å². The molecule has 0 amide bonds. The highest BCUT2D eigenvalue weighted by Crippen LogP contribution is 2.20. The third-order valence-corrected chi connectivity index (χ3v) is 3.01. The summed E-state index contributed by atoms with van der Waals surface area (Å²) in [4.78, 5) is 0. The van der Waals surface area contributed by atoms with Crippen LogP contribution in [0.25, 0.3) is 0 Å². The minimum atomic E-state index is -0.202. The molecule has 0 aliphatic rings.